The van der Waals surface area contributed by atoms with Crippen LogP contribution < -0.4 is 0 Å². The molecule has 0 aromatic heterocycles. The zero-order valence-corrected chi connectivity index (χ0v) is 15.9. The van der Waals surface area contributed by atoms with Crippen LogP contribution in [0.25, 0.3) is 6.08 Å². The summed E-state index contributed by atoms with van der Waals surface area (Å²) >= 11 is 7.62. The highest BCUT2D eigenvalue weighted by molar-refractivity contribution is 7.98. The van der Waals surface area contributed by atoms with Gasteiger partial charge in [0.15, 0.2) is 0 Å². The summed E-state index contributed by atoms with van der Waals surface area (Å²) in [5.41, 5.74) is 4.17. The number of rotatable bonds is 5. The lowest BCUT2D eigenvalue weighted by Crippen LogP contribution is -2.03. The Morgan fingerprint density at radius 1 is 1.24 bits per heavy atom. The molecular weight excluding hydrogens is 354 g/mol. The van der Waals surface area contributed by atoms with E-state index in [-0.39, 0.29) is 5.57 Å². The summed E-state index contributed by atoms with van der Waals surface area (Å²) in [6, 6.07) is 13.7. The summed E-state index contributed by atoms with van der Waals surface area (Å²) in [5.74, 6) is 0.161. The molecule has 128 valence electrons. The SMILES string of the molecule is COC(=O)C(C#N)=Cc1cc(CSc2ccc(Cl)cc2)c(C)cc1C. The van der Waals surface area contributed by atoms with Crippen LogP contribution in [0.5, 0.6) is 0 Å². The average molecular weight is 372 g/mol. The van der Waals surface area contributed by atoms with Gasteiger partial charge in [-0.3, -0.25) is 0 Å². The number of ether oxygens (including phenoxy) is 1. The van der Waals surface area contributed by atoms with Crippen LogP contribution in [0.15, 0.2) is 46.9 Å². The van der Waals surface area contributed by atoms with Crippen LogP contribution in [0.4, 0.5) is 0 Å². The minimum Gasteiger partial charge on any atom is -0.465 e. The molecule has 0 fully saturated rings. The van der Waals surface area contributed by atoms with Gasteiger partial charge < -0.3 is 4.74 Å². The number of hydrogen-bond acceptors (Lipinski definition) is 4. The van der Waals surface area contributed by atoms with Crippen molar-refractivity contribution in [3.8, 4) is 6.07 Å². The number of benzene rings is 2. The van der Waals surface area contributed by atoms with Gasteiger partial charge in [-0.1, -0.05) is 23.7 Å². The fourth-order valence-electron chi connectivity index (χ4n) is 2.32. The molecule has 0 bridgehead atoms. The molecule has 0 heterocycles. The van der Waals surface area contributed by atoms with Gasteiger partial charge in [-0.05, 0) is 66.4 Å². The molecule has 5 heteroatoms. The lowest BCUT2D eigenvalue weighted by molar-refractivity contribution is -0.135. The Bertz CT molecular complexity index is 851. The van der Waals surface area contributed by atoms with Crippen LogP contribution in [-0.4, -0.2) is 13.1 Å². The van der Waals surface area contributed by atoms with Crippen LogP contribution in [0.1, 0.15) is 22.3 Å². The molecule has 0 saturated heterocycles. The first kappa shape index (κ1) is 19.1. The van der Waals surface area contributed by atoms with E-state index in [4.69, 9.17) is 16.9 Å². The van der Waals surface area contributed by atoms with Gasteiger partial charge in [-0.2, -0.15) is 5.26 Å². The Labute approximate surface area is 157 Å². The normalized spacial score (nSPS) is 11.1. The quantitative estimate of drug-likeness (QED) is 0.308. The zero-order valence-electron chi connectivity index (χ0n) is 14.3. The van der Waals surface area contributed by atoms with E-state index in [1.54, 1.807) is 17.8 Å². The van der Waals surface area contributed by atoms with Crippen LogP contribution in [0, 0.1) is 25.2 Å². The Balaban J connectivity index is 2.28. The van der Waals surface area contributed by atoms with E-state index in [1.807, 2.05) is 43.3 Å². The van der Waals surface area contributed by atoms with E-state index in [2.05, 4.69) is 17.7 Å². The van der Waals surface area contributed by atoms with E-state index in [9.17, 15) is 4.79 Å². The summed E-state index contributed by atoms with van der Waals surface area (Å²) in [7, 11) is 1.27. The first-order chi connectivity index (χ1) is 11.9. The largest absolute Gasteiger partial charge is 0.465 e. The monoisotopic (exact) mass is 371 g/mol. The van der Waals surface area contributed by atoms with Gasteiger partial charge in [-0.15, -0.1) is 11.8 Å². The molecule has 0 N–H and O–H groups in total. The van der Waals surface area contributed by atoms with Gasteiger partial charge in [-0.25, -0.2) is 4.79 Å². The summed E-state index contributed by atoms with van der Waals surface area (Å²) in [6.45, 7) is 4.02. The lowest BCUT2D eigenvalue weighted by Gasteiger charge is -2.11. The summed E-state index contributed by atoms with van der Waals surface area (Å²) in [5, 5.41) is 9.86. The molecule has 2 aromatic rings. The van der Waals surface area contributed by atoms with Crippen molar-refractivity contribution in [3.05, 3.63) is 69.2 Å². The molecule has 0 spiro atoms. The van der Waals surface area contributed by atoms with E-state index >= 15 is 0 Å². The molecule has 0 aliphatic rings. The first-order valence-corrected chi connectivity index (χ1v) is 8.99. The molecule has 0 unspecified atom stereocenters. The van der Waals surface area contributed by atoms with Crippen molar-refractivity contribution in [3.63, 3.8) is 0 Å². The van der Waals surface area contributed by atoms with Crippen molar-refractivity contribution in [2.24, 2.45) is 0 Å². The molecule has 0 radical (unpaired) electrons. The van der Waals surface area contributed by atoms with Gasteiger partial charge in [0.25, 0.3) is 0 Å². The second-order valence-electron chi connectivity index (χ2n) is 5.54. The molecule has 0 amide bonds. The van der Waals surface area contributed by atoms with Crippen LogP contribution in [-0.2, 0) is 15.3 Å². The topological polar surface area (TPSA) is 50.1 Å². The van der Waals surface area contributed by atoms with Gasteiger partial charge >= 0.3 is 5.97 Å². The standard InChI is InChI=1S/C20H18ClNO2S/c1-13-8-14(2)17(12-25-19-6-4-18(21)5-7-19)10-15(13)9-16(11-22)20(23)24-3/h4-10H,12H2,1-3H3. The fourth-order valence-corrected chi connectivity index (χ4v) is 3.41. The van der Waals surface area contributed by atoms with Crippen LogP contribution >= 0.6 is 23.4 Å². The summed E-state index contributed by atoms with van der Waals surface area (Å²) < 4.78 is 4.64. The number of nitriles is 1. The number of thioether (sulfide) groups is 1. The number of aryl methyl sites for hydroxylation is 2. The molecule has 0 saturated carbocycles. The number of nitrogens with zero attached hydrogens (tertiary/aromatic N) is 1. The summed E-state index contributed by atoms with van der Waals surface area (Å²) in [4.78, 5) is 12.8. The second kappa shape index (κ2) is 8.75. The maximum atomic E-state index is 11.6. The average Bonchev–Trinajstić information content (AvgIpc) is 2.61. The third-order valence-electron chi connectivity index (χ3n) is 3.76. The summed E-state index contributed by atoms with van der Waals surface area (Å²) in [6.07, 6.45) is 1.58. The van der Waals surface area contributed by atoms with Crippen LogP contribution in [0.3, 0.4) is 0 Å². The number of halogens is 1. The third kappa shape index (κ3) is 5.12. The van der Waals surface area contributed by atoms with Gasteiger partial charge in [0.2, 0.25) is 0 Å². The highest BCUT2D eigenvalue weighted by atomic mass is 35.5. The molecule has 0 aliphatic carbocycles. The van der Waals surface area contributed by atoms with Crippen LogP contribution in [0.2, 0.25) is 5.02 Å². The van der Waals surface area contributed by atoms with Crippen molar-refractivity contribution in [2.45, 2.75) is 24.5 Å². The highest BCUT2D eigenvalue weighted by Gasteiger charge is 2.11. The number of hydrogen-bond donors (Lipinski definition) is 0. The number of carbonyl (C=O) groups excluding carboxylic acids is 1. The van der Waals surface area contributed by atoms with Gasteiger partial charge in [0, 0.05) is 15.7 Å². The van der Waals surface area contributed by atoms with Gasteiger partial charge in [0.1, 0.15) is 11.6 Å². The van der Waals surface area contributed by atoms with E-state index in [0.717, 1.165) is 32.4 Å². The second-order valence-corrected chi connectivity index (χ2v) is 7.02. The van der Waals surface area contributed by atoms with Crippen molar-refractivity contribution >= 4 is 35.4 Å². The minimum absolute atomic E-state index is 0.00856. The highest BCUT2D eigenvalue weighted by Crippen LogP contribution is 2.28. The predicted molar refractivity (Wildman–Crippen MR) is 103 cm³/mol. The Morgan fingerprint density at radius 2 is 1.92 bits per heavy atom. The van der Waals surface area contributed by atoms with Crippen molar-refractivity contribution in [2.75, 3.05) is 7.11 Å². The number of esters is 1. The maximum Gasteiger partial charge on any atom is 0.348 e. The smallest absolute Gasteiger partial charge is 0.348 e. The van der Waals surface area contributed by atoms with Gasteiger partial charge in [0.05, 0.1) is 7.11 Å². The third-order valence-corrected chi connectivity index (χ3v) is 5.07. The van der Waals surface area contributed by atoms with E-state index in [1.165, 1.54) is 12.7 Å². The Morgan fingerprint density at radius 3 is 2.52 bits per heavy atom. The molecule has 25 heavy (non-hydrogen) atoms. The molecule has 0 aliphatic heterocycles. The fraction of sp³-hybridized carbons (Fsp3) is 0.200. The zero-order chi connectivity index (χ0) is 18.4. The molecular formula is C20H18ClNO2S. The molecule has 3 nitrogen and oxygen atoms in total. The Hall–Kier alpha value is -2.22. The minimum atomic E-state index is -0.625. The number of carbonyl (C=O) groups is 1. The van der Waals surface area contributed by atoms with Crippen molar-refractivity contribution in [1.29, 1.82) is 5.26 Å². The molecule has 0 atom stereocenters. The molecule has 2 rings (SSSR count). The van der Waals surface area contributed by atoms with E-state index in [0.29, 0.717) is 0 Å². The molecule has 2 aromatic carbocycles. The van der Waals surface area contributed by atoms with Crippen molar-refractivity contribution in [1.82, 2.24) is 0 Å². The lowest BCUT2D eigenvalue weighted by atomic mass is 9.99. The number of methoxy groups -OCH3 is 1. The predicted octanol–water partition coefficient (Wildman–Crippen LogP) is 5.33. The first-order valence-electron chi connectivity index (χ1n) is 7.63. The van der Waals surface area contributed by atoms with Crippen molar-refractivity contribution < 1.29 is 9.53 Å². The maximum absolute atomic E-state index is 11.6. The van der Waals surface area contributed by atoms with E-state index < -0.39 is 5.97 Å². The Kier molecular flexibility index (Phi) is 6.69.